The summed E-state index contributed by atoms with van der Waals surface area (Å²) < 4.78 is 11.6. The molecule has 0 bridgehead atoms. The van der Waals surface area contributed by atoms with Gasteiger partial charge in [0.2, 0.25) is 0 Å². The Morgan fingerprint density at radius 1 is 0.135 bits per heavy atom. The van der Waals surface area contributed by atoms with E-state index in [9.17, 15) is 0 Å². The second kappa shape index (κ2) is 33.0. The van der Waals surface area contributed by atoms with Gasteiger partial charge in [-0.05, 0) is 226 Å². The number of benzene rings is 24. The first-order valence-electron chi connectivity index (χ1n) is 45.9. The van der Waals surface area contributed by atoms with Gasteiger partial charge in [-0.2, -0.15) is 0 Å². The van der Waals surface area contributed by atoms with Gasteiger partial charge >= 0.3 is 0 Å². The van der Waals surface area contributed by atoms with Crippen molar-refractivity contribution in [3.8, 4) is 112 Å². The molecule has 620 valence electrons. The Hall–Kier alpha value is -17.5. The minimum Gasteiger partial charge on any atom is -0.455 e. The number of fused-ring (bicyclic) bond motifs is 16. The van der Waals surface area contributed by atoms with Crippen LogP contribution in [0.2, 0.25) is 0 Å². The summed E-state index contributed by atoms with van der Waals surface area (Å²) in [7, 11) is 0. The van der Waals surface area contributed by atoms with Gasteiger partial charge in [0, 0.05) is 54.5 Å². The van der Waals surface area contributed by atoms with Crippen molar-refractivity contribution in [1.29, 1.82) is 0 Å². The summed E-state index contributed by atoms with van der Waals surface area (Å²) in [6.07, 6.45) is 0. The Balaban J connectivity index is 0.000000107. The number of aromatic nitrogens is 2. The van der Waals surface area contributed by atoms with Gasteiger partial charge in [0.05, 0.1) is 27.8 Å². The zero-order chi connectivity index (χ0) is 87.8. The molecule has 0 aliphatic rings. The van der Waals surface area contributed by atoms with Gasteiger partial charge in [0.25, 0.3) is 0 Å². The molecule has 3 heteroatoms. The van der Waals surface area contributed by atoms with E-state index in [1.165, 1.54) is 208 Å². The van der Waals surface area contributed by atoms with Gasteiger partial charge < -0.3 is 13.6 Å². The zero-order valence-corrected chi connectivity index (χ0v) is 72.8. The van der Waals surface area contributed by atoms with Crippen LogP contribution in [0.15, 0.2) is 514 Å². The van der Waals surface area contributed by atoms with E-state index >= 15 is 0 Å². The normalized spacial score (nSPS) is 11.6. The molecule has 24 aromatic carbocycles. The van der Waals surface area contributed by atoms with Crippen molar-refractivity contribution in [3.05, 3.63) is 510 Å². The number of para-hydroxylation sites is 5. The fraction of sp³-hybridized carbons (Fsp3) is 0. The van der Waals surface area contributed by atoms with Gasteiger partial charge in [-0.3, -0.25) is 0 Å². The number of hydrogen-bond donors (Lipinski definition) is 0. The molecule has 0 saturated heterocycles. The molecule has 133 heavy (non-hydrogen) atoms. The molecule has 3 nitrogen and oxygen atoms in total. The number of hydrogen-bond acceptors (Lipinski definition) is 1. The van der Waals surface area contributed by atoms with Gasteiger partial charge in [0.1, 0.15) is 11.2 Å². The van der Waals surface area contributed by atoms with Gasteiger partial charge in [0.15, 0.2) is 0 Å². The van der Waals surface area contributed by atoms with Crippen LogP contribution < -0.4 is 0 Å². The topological polar surface area (TPSA) is 23.0 Å². The minimum atomic E-state index is 0.919. The lowest BCUT2D eigenvalue weighted by Gasteiger charge is -2.18. The van der Waals surface area contributed by atoms with Crippen LogP contribution in [0.1, 0.15) is 0 Å². The lowest BCUT2D eigenvalue weighted by molar-refractivity contribution is 0.671. The minimum absolute atomic E-state index is 0.919. The summed E-state index contributed by atoms with van der Waals surface area (Å²) in [5, 5.41) is 25.1. The number of rotatable bonds is 11. The highest BCUT2D eigenvalue weighted by Crippen LogP contribution is 2.51. The number of furan rings is 1. The highest BCUT2D eigenvalue weighted by atomic mass is 16.3. The summed E-state index contributed by atoms with van der Waals surface area (Å²) in [5.41, 5.74) is 31.1. The second-order valence-electron chi connectivity index (χ2n) is 34.6. The van der Waals surface area contributed by atoms with Crippen molar-refractivity contribution in [2.24, 2.45) is 0 Å². The molecule has 0 amide bonds. The quantitative estimate of drug-likeness (QED) is 0.118. The van der Waals surface area contributed by atoms with Crippen molar-refractivity contribution in [2.45, 2.75) is 0 Å². The predicted octanol–water partition coefficient (Wildman–Crippen LogP) is 36.2. The molecular formula is C130H84N2O. The molecule has 3 aromatic heterocycles. The summed E-state index contributed by atoms with van der Waals surface area (Å²) >= 11 is 0. The van der Waals surface area contributed by atoms with E-state index in [-0.39, 0.29) is 0 Å². The molecule has 27 rings (SSSR count). The van der Waals surface area contributed by atoms with Gasteiger partial charge in [-0.15, -0.1) is 0 Å². The summed E-state index contributed by atoms with van der Waals surface area (Å²) in [4.78, 5) is 0. The average Bonchev–Trinajstić information content (AvgIpc) is 1.72. The van der Waals surface area contributed by atoms with Gasteiger partial charge in [-0.1, -0.05) is 443 Å². The maximum absolute atomic E-state index is 6.77. The van der Waals surface area contributed by atoms with Crippen molar-refractivity contribution < 1.29 is 4.42 Å². The van der Waals surface area contributed by atoms with Gasteiger partial charge in [-0.25, -0.2) is 0 Å². The van der Waals surface area contributed by atoms with Crippen LogP contribution in [0.5, 0.6) is 0 Å². The molecule has 0 N–H and O–H groups in total. The van der Waals surface area contributed by atoms with Crippen LogP contribution in [-0.4, -0.2) is 9.13 Å². The zero-order valence-electron chi connectivity index (χ0n) is 72.8. The maximum atomic E-state index is 6.77. The predicted molar refractivity (Wildman–Crippen MR) is 567 cm³/mol. The Labute approximate surface area is 770 Å². The van der Waals surface area contributed by atoms with E-state index in [1.54, 1.807) is 0 Å². The van der Waals surface area contributed by atoms with Crippen LogP contribution in [0.25, 0.3) is 252 Å². The Morgan fingerprint density at radius 2 is 0.391 bits per heavy atom. The molecule has 0 saturated carbocycles. The standard InChI is InChI=1S/C44H29N.C44H28O.C42H27N/c1-3-14-30(15-4-1)43-36-21-7-9-23-38(36)44(39-24-10-8-22-37(39)43)33-17-13-16-31(28-33)32-26-27-42-40(29-32)35-20-11-12-25-41(35)45(42)34-18-5-2-6-19-34;1-3-14-29(15-4-1)33-24-12-26-39-40-27-13-25-34(44(40)45-43(33)39)31-18-11-19-32(28-31)42-37-22-9-7-20-35(37)41(30-16-5-2-6-17-30)36-21-8-10-23-38(36)42;1-2-14-29(15-3-1)41-33-19-6-8-21-35(33)42(36-22-9-7-20-34(36)41)30-25-26-40-37(27-30)32-18-10-11-23-39(32)43(40)38-24-12-16-28-13-4-5-17-31(28)38/h1-29H;1-28H;1-27H. The van der Waals surface area contributed by atoms with Crippen molar-refractivity contribution in [1.82, 2.24) is 9.13 Å². The van der Waals surface area contributed by atoms with Crippen LogP contribution in [0.4, 0.5) is 0 Å². The van der Waals surface area contributed by atoms with E-state index in [4.69, 9.17) is 4.42 Å². The first-order chi connectivity index (χ1) is 66.1. The first-order valence-corrected chi connectivity index (χ1v) is 45.9. The van der Waals surface area contributed by atoms with E-state index < -0.39 is 0 Å². The average molecular weight is 1690 g/mol. The lowest BCUT2D eigenvalue weighted by atomic mass is 9.85. The van der Waals surface area contributed by atoms with Crippen molar-refractivity contribution >= 4 is 141 Å². The third-order valence-electron chi connectivity index (χ3n) is 27.2. The highest BCUT2D eigenvalue weighted by molar-refractivity contribution is 6.26. The lowest BCUT2D eigenvalue weighted by Crippen LogP contribution is -1.95. The van der Waals surface area contributed by atoms with Crippen LogP contribution in [0.3, 0.4) is 0 Å². The third kappa shape index (κ3) is 13.3. The highest BCUT2D eigenvalue weighted by Gasteiger charge is 2.25. The summed E-state index contributed by atoms with van der Waals surface area (Å²) in [6.45, 7) is 0. The molecular weight excluding hydrogens is 1610 g/mol. The van der Waals surface area contributed by atoms with Crippen LogP contribution in [0, 0.1) is 0 Å². The van der Waals surface area contributed by atoms with Crippen molar-refractivity contribution in [3.63, 3.8) is 0 Å². The molecule has 27 aromatic rings. The third-order valence-corrected chi connectivity index (χ3v) is 27.2. The van der Waals surface area contributed by atoms with E-state index in [2.05, 4.69) is 519 Å². The molecule has 0 unspecified atom stereocenters. The number of nitrogens with zero attached hydrogens (tertiary/aromatic N) is 2. The second-order valence-corrected chi connectivity index (χ2v) is 34.6. The Kier molecular flexibility index (Phi) is 19.3. The molecule has 0 aliphatic carbocycles. The molecule has 0 atom stereocenters. The summed E-state index contributed by atoms with van der Waals surface area (Å²) in [5.74, 6) is 0. The Bertz CT molecular complexity index is 9070. The molecule has 0 radical (unpaired) electrons. The van der Waals surface area contributed by atoms with E-state index in [0.29, 0.717) is 0 Å². The Morgan fingerprint density at radius 3 is 0.827 bits per heavy atom. The van der Waals surface area contributed by atoms with Crippen LogP contribution in [-0.2, 0) is 0 Å². The maximum Gasteiger partial charge on any atom is 0.143 e. The fourth-order valence-corrected chi connectivity index (χ4v) is 21.5. The largest absolute Gasteiger partial charge is 0.455 e. The smallest absolute Gasteiger partial charge is 0.143 e. The molecule has 0 fully saturated rings. The molecule has 0 spiro atoms. The molecule has 3 heterocycles. The monoisotopic (exact) mass is 1690 g/mol. The van der Waals surface area contributed by atoms with Crippen LogP contribution >= 0.6 is 0 Å². The molecule has 0 aliphatic heterocycles. The SMILES string of the molecule is c1ccc(-c2c3ccccc3c(-c3ccc4c(c3)c3ccccc3n4-c3cccc4ccccc34)c3ccccc23)cc1.c1ccc(-c2c3ccccc3c(-c3cccc(-c4ccc5c(c4)c4ccccc4n5-c4ccccc4)c3)c3ccccc23)cc1.c1ccc(-c2c3ccccc3c(-c3cccc(-c4cccc5c4oc4c(-c6ccccc6)cccc45)c3)c3ccccc23)cc1. The first kappa shape index (κ1) is 77.8. The fourth-order valence-electron chi connectivity index (χ4n) is 21.5. The van der Waals surface area contributed by atoms with E-state index in [0.717, 1.165) is 44.2 Å². The van der Waals surface area contributed by atoms with Crippen molar-refractivity contribution in [2.75, 3.05) is 0 Å². The van der Waals surface area contributed by atoms with E-state index in [1.807, 2.05) is 0 Å². The summed E-state index contributed by atoms with van der Waals surface area (Å²) in [6, 6.07) is 184.